The standard InChI is InChI=1S/C17H24N2O4/c1-3-11-18-15(20)9-10-16(21)19-14(17(22)23-2)12-13-7-5-4-6-8-13/h4-8,14H,3,9-12H2,1-2H3,(H,18,20)(H,19,21). The Morgan fingerprint density at radius 2 is 1.74 bits per heavy atom. The van der Waals surface area contributed by atoms with E-state index in [1.165, 1.54) is 7.11 Å². The van der Waals surface area contributed by atoms with E-state index >= 15 is 0 Å². The van der Waals surface area contributed by atoms with Gasteiger partial charge in [0.15, 0.2) is 0 Å². The van der Waals surface area contributed by atoms with Crippen LogP contribution in [0.4, 0.5) is 0 Å². The fourth-order valence-electron chi connectivity index (χ4n) is 2.03. The molecule has 0 aliphatic carbocycles. The molecular weight excluding hydrogens is 296 g/mol. The number of hydrogen-bond acceptors (Lipinski definition) is 4. The summed E-state index contributed by atoms with van der Waals surface area (Å²) < 4.78 is 4.73. The van der Waals surface area contributed by atoms with Crippen molar-refractivity contribution in [3.63, 3.8) is 0 Å². The molecule has 0 spiro atoms. The Kier molecular flexibility index (Phi) is 8.42. The van der Waals surface area contributed by atoms with Gasteiger partial charge in [0.2, 0.25) is 11.8 Å². The molecule has 0 fully saturated rings. The normalized spacial score (nSPS) is 11.4. The number of benzene rings is 1. The van der Waals surface area contributed by atoms with Crippen LogP contribution >= 0.6 is 0 Å². The second-order valence-electron chi connectivity index (χ2n) is 5.18. The summed E-state index contributed by atoms with van der Waals surface area (Å²) in [5.74, 6) is -1.01. The molecule has 0 aliphatic rings. The molecule has 0 saturated heterocycles. The van der Waals surface area contributed by atoms with Gasteiger partial charge in [-0.15, -0.1) is 0 Å². The number of methoxy groups -OCH3 is 1. The highest BCUT2D eigenvalue weighted by atomic mass is 16.5. The quantitative estimate of drug-likeness (QED) is 0.670. The first-order valence-corrected chi connectivity index (χ1v) is 7.74. The summed E-state index contributed by atoms with van der Waals surface area (Å²) in [6, 6.07) is 8.60. The zero-order chi connectivity index (χ0) is 17.1. The molecule has 0 saturated carbocycles. The van der Waals surface area contributed by atoms with Crippen LogP contribution in [0, 0.1) is 0 Å². The third-order valence-corrected chi connectivity index (χ3v) is 3.25. The summed E-state index contributed by atoms with van der Waals surface area (Å²) >= 11 is 0. The number of hydrogen-bond donors (Lipinski definition) is 2. The molecule has 0 radical (unpaired) electrons. The first kappa shape index (κ1) is 18.7. The van der Waals surface area contributed by atoms with Gasteiger partial charge in [-0.1, -0.05) is 37.3 Å². The third-order valence-electron chi connectivity index (χ3n) is 3.25. The van der Waals surface area contributed by atoms with E-state index in [9.17, 15) is 14.4 Å². The summed E-state index contributed by atoms with van der Waals surface area (Å²) in [7, 11) is 1.28. The van der Waals surface area contributed by atoms with Gasteiger partial charge in [-0.05, 0) is 12.0 Å². The highest BCUT2D eigenvalue weighted by molar-refractivity contribution is 5.87. The van der Waals surface area contributed by atoms with E-state index in [1.807, 2.05) is 37.3 Å². The van der Waals surface area contributed by atoms with Crippen molar-refractivity contribution in [2.45, 2.75) is 38.6 Å². The number of carbonyl (C=O) groups excluding carboxylic acids is 3. The van der Waals surface area contributed by atoms with Gasteiger partial charge in [0.05, 0.1) is 7.11 Å². The first-order valence-electron chi connectivity index (χ1n) is 7.74. The van der Waals surface area contributed by atoms with Gasteiger partial charge in [0.25, 0.3) is 0 Å². The van der Waals surface area contributed by atoms with Crippen LogP contribution in [0.15, 0.2) is 30.3 Å². The van der Waals surface area contributed by atoms with Crippen LogP contribution in [0.5, 0.6) is 0 Å². The topological polar surface area (TPSA) is 84.5 Å². The Bertz CT molecular complexity index is 517. The Morgan fingerprint density at radius 1 is 1.09 bits per heavy atom. The van der Waals surface area contributed by atoms with E-state index in [4.69, 9.17) is 4.74 Å². The van der Waals surface area contributed by atoms with Gasteiger partial charge < -0.3 is 15.4 Å². The van der Waals surface area contributed by atoms with Crippen LogP contribution in [0.3, 0.4) is 0 Å². The maximum atomic E-state index is 11.9. The molecule has 1 aromatic rings. The lowest BCUT2D eigenvalue weighted by Crippen LogP contribution is -2.43. The SMILES string of the molecule is CCCNC(=O)CCC(=O)NC(Cc1ccccc1)C(=O)OC. The molecule has 0 heterocycles. The van der Waals surface area contributed by atoms with E-state index in [0.717, 1.165) is 12.0 Å². The molecule has 1 atom stereocenters. The highest BCUT2D eigenvalue weighted by Gasteiger charge is 2.22. The van der Waals surface area contributed by atoms with Gasteiger partial charge >= 0.3 is 5.97 Å². The van der Waals surface area contributed by atoms with E-state index in [0.29, 0.717) is 13.0 Å². The number of esters is 1. The summed E-state index contributed by atoms with van der Waals surface area (Å²) in [4.78, 5) is 35.2. The van der Waals surface area contributed by atoms with Crippen LogP contribution in [0.25, 0.3) is 0 Å². The molecule has 6 heteroatoms. The van der Waals surface area contributed by atoms with E-state index in [1.54, 1.807) is 0 Å². The molecule has 1 aromatic carbocycles. The second kappa shape index (κ2) is 10.4. The average Bonchev–Trinajstić information content (AvgIpc) is 2.57. The predicted molar refractivity (Wildman–Crippen MR) is 86.6 cm³/mol. The zero-order valence-electron chi connectivity index (χ0n) is 13.6. The summed E-state index contributed by atoms with van der Waals surface area (Å²) in [6.45, 7) is 2.55. The number of rotatable bonds is 9. The van der Waals surface area contributed by atoms with Gasteiger partial charge in [0, 0.05) is 25.8 Å². The Labute approximate surface area is 136 Å². The molecule has 2 amide bonds. The average molecular weight is 320 g/mol. The molecule has 23 heavy (non-hydrogen) atoms. The maximum Gasteiger partial charge on any atom is 0.328 e. The third kappa shape index (κ3) is 7.44. The maximum absolute atomic E-state index is 11.9. The van der Waals surface area contributed by atoms with E-state index < -0.39 is 12.0 Å². The molecular formula is C17H24N2O4. The van der Waals surface area contributed by atoms with Crippen LogP contribution < -0.4 is 10.6 Å². The van der Waals surface area contributed by atoms with Crippen molar-refractivity contribution in [3.8, 4) is 0 Å². The molecule has 0 aliphatic heterocycles. The summed E-state index contributed by atoms with van der Waals surface area (Å²) in [6.07, 6.45) is 1.34. The number of nitrogens with one attached hydrogen (secondary N) is 2. The fourth-order valence-corrected chi connectivity index (χ4v) is 2.03. The van der Waals surface area contributed by atoms with Gasteiger partial charge in [-0.25, -0.2) is 4.79 Å². The van der Waals surface area contributed by atoms with Crippen LogP contribution in [-0.4, -0.2) is 37.5 Å². The fraction of sp³-hybridized carbons (Fsp3) is 0.471. The minimum atomic E-state index is -0.756. The number of amides is 2. The van der Waals surface area contributed by atoms with Gasteiger partial charge in [0.1, 0.15) is 6.04 Å². The molecule has 6 nitrogen and oxygen atoms in total. The zero-order valence-corrected chi connectivity index (χ0v) is 13.6. The molecule has 0 aromatic heterocycles. The largest absolute Gasteiger partial charge is 0.467 e. The monoisotopic (exact) mass is 320 g/mol. The Morgan fingerprint density at radius 3 is 2.35 bits per heavy atom. The second-order valence-corrected chi connectivity index (χ2v) is 5.18. The smallest absolute Gasteiger partial charge is 0.328 e. The van der Waals surface area contributed by atoms with Crippen molar-refractivity contribution < 1.29 is 19.1 Å². The number of carbonyl (C=O) groups is 3. The lowest BCUT2D eigenvalue weighted by atomic mass is 10.1. The molecule has 2 N–H and O–H groups in total. The minimum absolute atomic E-state index is 0.0395. The van der Waals surface area contributed by atoms with Crippen molar-refractivity contribution in [2.24, 2.45) is 0 Å². The predicted octanol–water partition coefficient (Wildman–Crippen LogP) is 1.19. The van der Waals surface area contributed by atoms with Crippen LogP contribution in [0.2, 0.25) is 0 Å². The lowest BCUT2D eigenvalue weighted by molar-refractivity contribution is -0.145. The molecule has 126 valence electrons. The molecule has 1 unspecified atom stereocenters. The Balaban J connectivity index is 2.51. The molecule has 0 bridgehead atoms. The number of ether oxygens (including phenoxy) is 1. The first-order chi connectivity index (χ1) is 11.1. The van der Waals surface area contributed by atoms with Crippen molar-refractivity contribution in [1.82, 2.24) is 10.6 Å². The van der Waals surface area contributed by atoms with Gasteiger partial charge in [-0.3, -0.25) is 9.59 Å². The highest BCUT2D eigenvalue weighted by Crippen LogP contribution is 2.05. The summed E-state index contributed by atoms with van der Waals surface area (Å²) in [5.41, 5.74) is 0.920. The van der Waals surface area contributed by atoms with Crippen molar-refractivity contribution in [3.05, 3.63) is 35.9 Å². The molecule has 1 rings (SSSR count). The van der Waals surface area contributed by atoms with Crippen molar-refractivity contribution >= 4 is 17.8 Å². The van der Waals surface area contributed by atoms with Crippen LogP contribution in [-0.2, 0) is 25.5 Å². The van der Waals surface area contributed by atoms with Crippen molar-refractivity contribution in [2.75, 3.05) is 13.7 Å². The summed E-state index contributed by atoms with van der Waals surface area (Å²) in [5, 5.41) is 5.34. The lowest BCUT2D eigenvalue weighted by Gasteiger charge is -2.16. The van der Waals surface area contributed by atoms with Gasteiger partial charge in [-0.2, -0.15) is 0 Å². The Hall–Kier alpha value is -2.37. The van der Waals surface area contributed by atoms with Crippen LogP contribution in [0.1, 0.15) is 31.7 Å². The minimum Gasteiger partial charge on any atom is -0.467 e. The van der Waals surface area contributed by atoms with E-state index in [-0.39, 0.29) is 24.7 Å². The van der Waals surface area contributed by atoms with Crippen molar-refractivity contribution in [1.29, 1.82) is 0 Å². The van der Waals surface area contributed by atoms with E-state index in [2.05, 4.69) is 10.6 Å².